The molecule has 0 fully saturated rings. The van der Waals surface area contributed by atoms with Gasteiger partial charge in [0.15, 0.2) is 0 Å². The predicted molar refractivity (Wildman–Crippen MR) is 130 cm³/mol. The molecular formula is C25H26ClN3O5. The maximum atomic E-state index is 13.0. The fourth-order valence-electron chi connectivity index (χ4n) is 3.36. The molecule has 1 atom stereocenters. The van der Waals surface area contributed by atoms with E-state index in [4.69, 9.17) is 21.1 Å². The van der Waals surface area contributed by atoms with Gasteiger partial charge < -0.3 is 25.1 Å². The summed E-state index contributed by atoms with van der Waals surface area (Å²) in [5.41, 5.74) is 1.87. The number of rotatable bonds is 10. The fourth-order valence-corrected chi connectivity index (χ4v) is 3.48. The van der Waals surface area contributed by atoms with E-state index in [1.54, 1.807) is 50.4 Å². The third kappa shape index (κ3) is 6.62. The summed E-state index contributed by atoms with van der Waals surface area (Å²) in [6, 6.07) is 13.3. The lowest BCUT2D eigenvalue weighted by Gasteiger charge is -2.18. The Bertz CT molecular complexity index is 1190. The van der Waals surface area contributed by atoms with Crippen molar-refractivity contribution in [1.29, 1.82) is 0 Å². The van der Waals surface area contributed by atoms with E-state index in [9.17, 15) is 14.4 Å². The molecule has 178 valence electrons. The summed E-state index contributed by atoms with van der Waals surface area (Å²) in [4.78, 5) is 40.4. The van der Waals surface area contributed by atoms with Gasteiger partial charge in [-0.3, -0.25) is 9.59 Å². The number of benzene rings is 2. The first kappa shape index (κ1) is 24.9. The lowest BCUT2D eigenvalue weighted by atomic mass is 10.0. The Morgan fingerprint density at radius 3 is 2.62 bits per heavy atom. The van der Waals surface area contributed by atoms with Gasteiger partial charge in [-0.05, 0) is 42.8 Å². The summed E-state index contributed by atoms with van der Waals surface area (Å²) in [7, 11) is 1.56. The van der Waals surface area contributed by atoms with Crippen LogP contribution in [0.5, 0.6) is 5.75 Å². The number of hydrogen-bond donors (Lipinski definition) is 3. The Hall–Kier alpha value is -3.78. The number of halogens is 1. The van der Waals surface area contributed by atoms with Crippen LogP contribution in [0.4, 0.5) is 0 Å². The van der Waals surface area contributed by atoms with E-state index in [2.05, 4.69) is 15.6 Å². The number of nitrogens with one attached hydrogen (secondary N) is 3. The highest BCUT2D eigenvalue weighted by molar-refractivity contribution is 6.30. The summed E-state index contributed by atoms with van der Waals surface area (Å²) in [5, 5.41) is 6.84. The highest BCUT2D eigenvalue weighted by atomic mass is 35.5. The summed E-state index contributed by atoms with van der Waals surface area (Å²) < 4.78 is 10.2. The Balaban J connectivity index is 1.74. The summed E-state index contributed by atoms with van der Waals surface area (Å²) in [6.45, 7) is 2.08. The van der Waals surface area contributed by atoms with Crippen LogP contribution in [0, 0.1) is 0 Å². The zero-order chi connectivity index (χ0) is 24.5. The molecule has 9 heteroatoms. The van der Waals surface area contributed by atoms with Crippen molar-refractivity contribution in [2.24, 2.45) is 0 Å². The Morgan fingerprint density at radius 1 is 1.15 bits per heavy atom. The van der Waals surface area contributed by atoms with Crippen LogP contribution >= 0.6 is 11.6 Å². The molecule has 0 unspecified atom stereocenters. The monoisotopic (exact) mass is 483 g/mol. The fraction of sp³-hybridized carbons (Fsp3) is 0.240. The van der Waals surface area contributed by atoms with Crippen molar-refractivity contribution in [3.8, 4) is 5.75 Å². The van der Waals surface area contributed by atoms with E-state index in [1.807, 2.05) is 12.1 Å². The number of fused-ring (bicyclic) bond motifs is 1. The molecule has 0 aliphatic rings. The van der Waals surface area contributed by atoms with Crippen LogP contribution < -0.4 is 15.4 Å². The zero-order valence-electron chi connectivity index (χ0n) is 18.9. The van der Waals surface area contributed by atoms with E-state index >= 15 is 0 Å². The third-order valence-corrected chi connectivity index (χ3v) is 5.25. The molecule has 1 aromatic heterocycles. The van der Waals surface area contributed by atoms with Crippen LogP contribution in [0.1, 0.15) is 23.0 Å². The van der Waals surface area contributed by atoms with Gasteiger partial charge >= 0.3 is 5.97 Å². The number of aromatic amines is 1. The molecule has 1 heterocycles. The second kappa shape index (κ2) is 11.9. The largest absolute Gasteiger partial charge is 0.496 e. The van der Waals surface area contributed by atoms with Crippen LogP contribution in [-0.4, -0.2) is 49.1 Å². The smallest absolute Gasteiger partial charge is 0.330 e. The molecule has 0 saturated heterocycles. The van der Waals surface area contributed by atoms with Gasteiger partial charge in [0.2, 0.25) is 5.91 Å². The summed E-state index contributed by atoms with van der Waals surface area (Å²) in [6.07, 6.45) is 2.98. The normalized spacial score (nSPS) is 11.9. The third-order valence-electron chi connectivity index (χ3n) is 5.00. The van der Waals surface area contributed by atoms with Crippen molar-refractivity contribution in [1.82, 2.24) is 15.6 Å². The van der Waals surface area contributed by atoms with E-state index in [1.165, 1.54) is 12.2 Å². The van der Waals surface area contributed by atoms with E-state index in [-0.39, 0.29) is 19.6 Å². The first-order valence-corrected chi connectivity index (χ1v) is 11.1. The van der Waals surface area contributed by atoms with Crippen LogP contribution in [0.25, 0.3) is 10.9 Å². The SMILES string of the molecule is CCOC(=O)C=CCNC(=O)[C@H](Cc1ccc(Cl)cc1)NC(=O)c1cc2c(OC)cccc2[nH]1. The van der Waals surface area contributed by atoms with Crippen molar-refractivity contribution in [2.45, 2.75) is 19.4 Å². The average molecular weight is 484 g/mol. The molecule has 2 aromatic carbocycles. The van der Waals surface area contributed by atoms with Gasteiger partial charge in [0.25, 0.3) is 5.91 Å². The average Bonchev–Trinajstić information content (AvgIpc) is 3.27. The lowest BCUT2D eigenvalue weighted by molar-refractivity contribution is -0.137. The van der Waals surface area contributed by atoms with E-state index < -0.39 is 23.8 Å². The van der Waals surface area contributed by atoms with Gasteiger partial charge in [0.1, 0.15) is 17.5 Å². The molecule has 3 N–H and O–H groups in total. The number of carbonyl (C=O) groups is 3. The molecule has 8 nitrogen and oxygen atoms in total. The minimum absolute atomic E-state index is 0.105. The molecule has 2 amide bonds. The number of H-pyrrole nitrogens is 1. The number of esters is 1. The molecule has 3 rings (SSSR count). The highest BCUT2D eigenvalue weighted by Crippen LogP contribution is 2.26. The molecule has 0 aliphatic heterocycles. The van der Waals surface area contributed by atoms with Crippen LogP contribution in [0.15, 0.2) is 60.7 Å². The lowest BCUT2D eigenvalue weighted by Crippen LogP contribution is -2.48. The van der Waals surface area contributed by atoms with Crippen LogP contribution in [0.3, 0.4) is 0 Å². The number of methoxy groups -OCH3 is 1. The van der Waals surface area contributed by atoms with Gasteiger partial charge in [0.05, 0.1) is 13.7 Å². The molecule has 0 aliphatic carbocycles. The molecule has 0 saturated carbocycles. The molecule has 0 spiro atoms. The Labute approximate surface area is 202 Å². The molecule has 3 aromatic rings. The van der Waals surface area contributed by atoms with Crippen molar-refractivity contribution in [2.75, 3.05) is 20.3 Å². The molecule has 0 bridgehead atoms. The van der Waals surface area contributed by atoms with Crippen LogP contribution in [-0.2, 0) is 20.7 Å². The summed E-state index contributed by atoms with van der Waals surface area (Å²) in [5.74, 6) is -0.686. The van der Waals surface area contributed by atoms with Crippen LogP contribution in [0.2, 0.25) is 5.02 Å². The second-order valence-electron chi connectivity index (χ2n) is 7.36. The number of aromatic nitrogens is 1. The van der Waals surface area contributed by atoms with E-state index in [0.29, 0.717) is 16.5 Å². The van der Waals surface area contributed by atoms with Crippen molar-refractivity contribution >= 4 is 40.3 Å². The first-order chi connectivity index (χ1) is 16.4. The minimum atomic E-state index is -0.863. The maximum absolute atomic E-state index is 13.0. The Kier molecular flexibility index (Phi) is 8.70. The second-order valence-corrected chi connectivity index (χ2v) is 7.80. The molecular weight excluding hydrogens is 458 g/mol. The predicted octanol–water partition coefficient (Wildman–Crippen LogP) is 3.41. The molecule has 0 radical (unpaired) electrons. The topological polar surface area (TPSA) is 110 Å². The maximum Gasteiger partial charge on any atom is 0.330 e. The quantitative estimate of drug-likeness (QED) is 0.302. The Morgan fingerprint density at radius 2 is 1.91 bits per heavy atom. The van der Waals surface area contributed by atoms with Gasteiger partial charge in [-0.1, -0.05) is 35.9 Å². The highest BCUT2D eigenvalue weighted by Gasteiger charge is 2.23. The number of hydrogen-bond acceptors (Lipinski definition) is 5. The zero-order valence-corrected chi connectivity index (χ0v) is 19.6. The number of carbonyl (C=O) groups excluding carboxylic acids is 3. The number of ether oxygens (including phenoxy) is 2. The molecule has 34 heavy (non-hydrogen) atoms. The van der Waals surface area contributed by atoms with Crippen molar-refractivity contribution in [3.05, 3.63) is 77.0 Å². The first-order valence-electron chi connectivity index (χ1n) is 10.7. The summed E-state index contributed by atoms with van der Waals surface area (Å²) >= 11 is 5.96. The minimum Gasteiger partial charge on any atom is -0.496 e. The standard InChI is InChI=1S/C25H26ClN3O5/c1-3-34-23(30)8-5-13-27-24(31)20(14-16-9-11-17(26)12-10-16)29-25(32)21-15-18-19(28-21)6-4-7-22(18)33-2/h4-12,15,20,28H,3,13-14H2,1-2H3,(H,27,31)(H,29,32)/t20-/m0/s1. The van der Waals surface area contributed by atoms with Gasteiger partial charge in [-0.15, -0.1) is 0 Å². The van der Waals surface area contributed by atoms with E-state index in [0.717, 1.165) is 16.5 Å². The van der Waals surface area contributed by atoms with Gasteiger partial charge in [-0.2, -0.15) is 0 Å². The van der Waals surface area contributed by atoms with Crippen molar-refractivity contribution in [3.63, 3.8) is 0 Å². The van der Waals surface area contributed by atoms with Crippen molar-refractivity contribution < 1.29 is 23.9 Å². The van der Waals surface area contributed by atoms with Gasteiger partial charge in [-0.25, -0.2) is 4.79 Å². The van der Waals surface area contributed by atoms with Gasteiger partial charge in [0, 0.05) is 35.0 Å². The number of amides is 2.